The van der Waals surface area contributed by atoms with E-state index in [1.807, 2.05) is 31.2 Å². The van der Waals surface area contributed by atoms with E-state index in [9.17, 15) is 9.59 Å². The Bertz CT molecular complexity index is 1080. The van der Waals surface area contributed by atoms with Crippen LogP contribution in [0.3, 0.4) is 0 Å². The van der Waals surface area contributed by atoms with Gasteiger partial charge in [0, 0.05) is 5.56 Å². The topological polar surface area (TPSA) is 124 Å². The number of aryl methyl sites for hydroxylation is 1. The van der Waals surface area contributed by atoms with E-state index in [2.05, 4.69) is 26.0 Å². The Balaban J connectivity index is 1.68. The first kappa shape index (κ1) is 19.4. The van der Waals surface area contributed by atoms with Crippen LogP contribution >= 0.6 is 0 Å². The van der Waals surface area contributed by atoms with Gasteiger partial charge in [0.1, 0.15) is 18.3 Å². The van der Waals surface area contributed by atoms with Crippen LogP contribution in [0.1, 0.15) is 24.3 Å². The lowest BCUT2D eigenvalue weighted by Crippen LogP contribution is -2.46. The maximum atomic E-state index is 12.7. The lowest BCUT2D eigenvalue weighted by Gasteiger charge is -2.27. The van der Waals surface area contributed by atoms with Crippen LogP contribution in [0.2, 0.25) is 0 Å². The molecule has 0 saturated carbocycles. The number of tetrazole rings is 1. The van der Waals surface area contributed by atoms with Gasteiger partial charge in [-0.3, -0.25) is 0 Å². The molecule has 4 rings (SSSR count). The minimum Gasteiger partial charge on any atom is -0.467 e. The molecule has 2 amide bonds. The van der Waals surface area contributed by atoms with Gasteiger partial charge in [0.15, 0.2) is 0 Å². The van der Waals surface area contributed by atoms with Crippen LogP contribution in [0.4, 0.5) is 4.79 Å². The summed E-state index contributed by atoms with van der Waals surface area (Å²) in [6.07, 6.45) is 1.47. The first-order valence-electron chi connectivity index (χ1n) is 9.41. The van der Waals surface area contributed by atoms with Gasteiger partial charge in [-0.2, -0.15) is 4.80 Å². The number of nitrogens with one attached hydrogen (secondary N) is 2. The van der Waals surface area contributed by atoms with Crippen molar-refractivity contribution in [3.8, 4) is 11.4 Å². The molecule has 0 fully saturated rings. The predicted molar refractivity (Wildman–Crippen MR) is 105 cm³/mol. The van der Waals surface area contributed by atoms with E-state index in [0.717, 1.165) is 11.1 Å². The van der Waals surface area contributed by atoms with E-state index in [1.54, 1.807) is 19.1 Å². The van der Waals surface area contributed by atoms with Gasteiger partial charge in [0.2, 0.25) is 5.82 Å². The number of rotatable bonds is 6. The Labute approximate surface area is 171 Å². The molecule has 1 unspecified atom stereocenters. The van der Waals surface area contributed by atoms with Crippen LogP contribution in [0.5, 0.6) is 0 Å². The first-order chi connectivity index (χ1) is 14.5. The number of hydrogen-bond acceptors (Lipinski definition) is 7. The molecule has 10 heteroatoms. The van der Waals surface area contributed by atoms with Gasteiger partial charge in [-0.15, -0.1) is 10.2 Å². The molecule has 154 valence electrons. The highest BCUT2D eigenvalue weighted by Crippen LogP contribution is 2.28. The first-order valence-corrected chi connectivity index (χ1v) is 9.41. The van der Waals surface area contributed by atoms with Crippen LogP contribution in [0.25, 0.3) is 11.4 Å². The lowest BCUT2D eigenvalue weighted by atomic mass is 10.00. The van der Waals surface area contributed by atoms with Gasteiger partial charge < -0.3 is 19.8 Å². The minimum absolute atomic E-state index is 0.0254. The molecule has 0 bridgehead atoms. The summed E-state index contributed by atoms with van der Waals surface area (Å²) in [6.45, 7) is 3.92. The molecule has 0 spiro atoms. The third-order valence-corrected chi connectivity index (χ3v) is 4.54. The number of benzene rings is 1. The monoisotopic (exact) mass is 408 g/mol. The van der Waals surface area contributed by atoms with E-state index in [4.69, 9.17) is 9.15 Å². The van der Waals surface area contributed by atoms with E-state index in [0.29, 0.717) is 17.3 Å². The van der Waals surface area contributed by atoms with Crippen LogP contribution in [0, 0.1) is 6.92 Å². The normalized spacial score (nSPS) is 16.2. The Kier molecular flexibility index (Phi) is 5.29. The number of allylic oxidation sites excluding steroid dienone is 1. The molecule has 10 nitrogen and oxygen atoms in total. The van der Waals surface area contributed by atoms with E-state index < -0.39 is 18.0 Å². The smallest absolute Gasteiger partial charge is 0.338 e. The van der Waals surface area contributed by atoms with Gasteiger partial charge in [-0.1, -0.05) is 29.8 Å². The Morgan fingerprint density at radius 3 is 2.77 bits per heavy atom. The zero-order valence-electron chi connectivity index (χ0n) is 16.5. The fourth-order valence-corrected chi connectivity index (χ4v) is 3.13. The number of aromatic nitrogens is 4. The molecule has 0 radical (unpaired) electrons. The van der Waals surface area contributed by atoms with Gasteiger partial charge >= 0.3 is 12.0 Å². The molecule has 1 aromatic carbocycles. The zero-order valence-corrected chi connectivity index (χ0v) is 16.5. The molecule has 3 aromatic rings. The van der Waals surface area contributed by atoms with Gasteiger partial charge in [0.05, 0.1) is 24.1 Å². The maximum absolute atomic E-state index is 12.7. The number of ether oxygens (including phenoxy) is 1. The molecule has 1 aliphatic rings. The van der Waals surface area contributed by atoms with Crippen molar-refractivity contribution in [2.45, 2.75) is 26.4 Å². The third-order valence-electron chi connectivity index (χ3n) is 4.54. The van der Waals surface area contributed by atoms with Crippen molar-refractivity contribution in [3.63, 3.8) is 0 Å². The minimum atomic E-state index is -0.789. The van der Waals surface area contributed by atoms with Crippen LogP contribution < -0.4 is 10.6 Å². The number of amides is 2. The third kappa shape index (κ3) is 3.93. The Morgan fingerprint density at radius 2 is 2.07 bits per heavy atom. The average Bonchev–Trinajstić information content (AvgIpc) is 3.40. The number of carbonyl (C=O) groups excluding carboxylic acids is 2. The second-order valence-corrected chi connectivity index (χ2v) is 6.67. The number of carbonyl (C=O) groups is 2. The quantitative estimate of drug-likeness (QED) is 0.599. The summed E-state index contributed by atoms with van der Waals surface area (Å²) in [6, 6.07) is 9.81. The van der Waals surface area contributed by atoms with Gasteiger partial charge in [0.25, 0.3) is 0 Å². The number of hydrogen-bond donors (Lipinski definition) is 2. The van der Waals surface area contributed by atoms with E-state index >= 15 is 0 Å². The summed E-state index contributed by atoms with van der Waals surface area (Å²) >= 11 is 0. The molecule has 1 aliphatic heterocycles. The largest absolute Gasteiger partial charge is 0.467 e. The standard InChI is InChI=1S/C20H20N6O4/c1-3-29-19(27)16-14(21-20(28)22-17(16)15-5-4-10-30-15)11-26-24-18(23-25-26)13-8-6-12(2)7-9-13/h4-10,17H,3,11H2,1-2H3,(H2,21,22,28). The molecule has 0 aliphatic carbocycles. The van der Waals surface area contributed by atoms with Crippen molar-refractivity contribution >= 4 is 12.0 Å². The Hall–Kier alpha value is -3.95. The van der Waals surface area contributed by atoms with Gasteiger partial charge in [-0.05, 0) is 31.2 Å². The number of esters is 1. The van der Waals surface area contributed by atoms with Crippen molar-refractivity contribution in [3.05, 3.63) is 65.3 Å². The number of nitrogens with zero attached hydrogens (tertiary/aromatic N) is 4. The fourth-order valence-electron chi connectivity index (χ4n) is 3.13. The molecule has 0 saturated heterocycles. The highest BCUT2D eigenvalue weighted by molar-refractivity contribution is 5.94. The summed E-state index contributed by atoms with van der Waals surface area (Å²) in [5.41, 5.74) is 2.47. The highest BCUT2D eigenvalue weighted by Gasteiger charge is 2.35. The average molecular weight is 408 g/mol. The molecule has 30 heavy (non-hydrogen) atoms. The molecule has 1 atom stereocenters. The number of furan rings is 1. The molecular formula is C20H20N6O4. The van der Waals surface area contributed by atoms with Crippen molar-refractivity contribution < 1.29 is 18.7 Å². The summed E-state index contributed by atoms with van der Waals surface area (Å²) in [7, 11) is 0. The van der Waals surface area contributed by atoms with Crippen LogP contribution in [0.15, 0.2) is 58.3 Å². The van der Waals surface area contributed by atoms with E-state index in [-0.39, 0.29) is 18.7 Å². The van der Waals surface area contributed by atoms with Crippen molar-refractivity contribution in [1.29, 1.82) is 0 Å². The van der Waals surface area contributed by atoms with Crippen LogP contribution in [-0.2, 0) is 16.1 Å². The SMILES string of the molecule is CCOC(=O)C1=C(Cn2nnc(-c3ccc(C)cc3)n2)NC(=O)NC1c1ccco1. The van der Waals surface area contributed by atoms with Gasteiger partial charge in [-0.25, -0.2) is 9.59 Å². The summed E-state index contributed by atoms with van der Waals surface area (Å²) in [5, 5.41) is 17.9. The summed E-state index contributed by atoms with van der Waals surface area (Å²) in [5.74, 6) is 0.286. The van der Waals surface area contributed by atoms with Crippen molar-refractivity contribution in [2.24, 2.45) is 0 Å². The summed E-state index contributed by atoms with van der Waals surface area (Å²) in [4.78, 5) is 26.2. The predicted octanol–water partition coefficient (Wildman–Crippen LogP) is 2.11. The fraction of sp³-hybridized carbons (Fsp3) is 0.250. The highest BCUT2D eigenvalue weighted by atomic mass is 16.5. The second-order valence-electron chi connectivity index (χ2n) is 6.67. The second kappa shape index (κ2) is 8.19. The molecule has 2 aromatic heterocycles. The Morgan fingerprint density at radius 1 is 1.27 bits per heavy atom. The lowest BCUT2D eigenvalue weighted by molar-refractivity contribution is -0.139. The van der Waals surface area contributed by atoms with Crippen molar-refractivity contribution in [1.82, 2.24) is 30.8 Å². The van der Waals surface area contributed by atoms with E-state index in [1.165, 1.54) is 11.1 Å². The molecule has 2 N–H and O–H groups in total. The van der Waals surface area contributed by atoms with Crippen molar-refractivity contribution in [2.75, 3.05) is 6.61 Å². The number of urea groups is 1. The summed E-state index contributed by atoms with van der Waals surface area (Å²) < 4.78 is 10.6. The molecule has 3 heterocycles. The molecular weight excluding hydrogens is 388 g/mol. The van der Waals surface area contributed by atoms with Crippen LogP contribution in [-0.4, -0.2) is 38.8 Å². The zero-order chi connectivity index (χ0) is 21.1. The maximum Gasteiger partial charge on any atom is 0.338 e.